The van der Waals surface area contributed by atoms with Gasteiger partial charge in [-0.25, -0.2) is 0 Å². The third kappa shape index (κ3) is 3.69. The summed E-state index contributed by atoms with van der Waals surface area (Å²) in [6, 6.07) is 0.303. The van der Waals surface area contributed by atoms with Crippen LogP contribution in [0.15, 0.2) is 6.20 Å². The molecular weight excluding hydrogens is 278 g/mol. The predicted molar refractivity (Wildman–Crippen MR) is 87.0 cm³/mol. The van der Waals surface area contributed by atoms with Crippen molar-refractivity contribution in [3.8, 4) is 0 Å². The molecule has 1 heterocycles. The van der Waals surface area contributed by atoms with E-state index in [1.807, 2.05) is 25.5 Å². The molecule has 1 amide bonds. The van der Waals surface area contributed by atoms with Crippen molar-refractivity contribution < 1.29 is 9.90 Å². The maximum Gasteiger partial charge on any atom is 0.254 e. The standard InChI is InChI=1S/C17H29N3O2/c1-6-11(2)20-15(12-7-8-12)13(9-19-20)16(22)18-10-14(21)17(3,4)5/h9,11-12,14,21H,6-8,10H2,1-5H3,(H,18,22). The molecule has 1 saturated carbocycles. The average Bonchev–Trinajstić information content (AvgIpc) is 3.20. The number of nitrogens with zero attached hydrogens (tertiary/aromatic N) is 2. The fraction of sp³-hybridized carbons (Fsp3) is 0.765. The summed E-state index contributed by atoms with van der Waals surface area (Å²) in [6.45, 7) is 10.4. The van der Waals surface area contributed by atoms with Crippen LogP contribution in [0.3, 0.4) is 0 Å². The smallest absolute Gasteiger partial charge is 0.254 e. The first kappa shape index (κ1) is 17.0. The molecule has 1 aromatic rings. The molecule has 0 aromatic carbocycles. The Labute approximate surface area is 133 Å². The summed E-state index contributed by atoms with van der Waals surface area (Å²) in [7, 11) is 0. The second-order valence-electron chi connectivity index (χ2n) is 7.51. The molecule has 1 aliphatic carbocycles. The van der Waals surface area contributed by atoms with Gasteiger partial charge in [-0.05, 0) is 31.6 Å². The number of carbonyl (C=O) groups excluding carboxylic acids is 1. The van der Waals surface area contributed by atoms with Crippen LogP contribution in [0.1, 0.15) is 81.9 Å². The van der Waals surface area contributed by atoms with Gasteiger partial charge in [0.15, 0.2) is 0 Å². The Morgan fingerprint density at radius 3 is 2.64 bits per heavy atom. The minimum absolute atomic E-state index is 0.125. The summed E-state index contributed by atoms with van der Waals surface area (Å²) in [5, 5.41) is 17.4. The minimum atomic E-state index is -0.564. The van der Waals surface area contributed by atoms with Gasteiger partial charge in [0, 0.05) is 18.5 Å². The number of carbonyl (C=O) groups is 1. The van der Waals surface area contributed by atoms with E-state index in [1.54, 1.807) is 6.20 Å². The number of aliphatic hydroxyl groups is 1. The molecule has 2 unspecified atom stereocenters. The summed E-state index contributed by atoms with van der Waals surface area (Å²) in [4.78, 5) is 12.5. The zero-order valence-electron chi connectivity index (χ0n) is 14.4. The van der Waals surface area contributed by atoms with Gasteiger partial charge in [-0.15, -0.1) is 0 Å². The minimum Gasteiger partial charge on any atom is -0.391 e. The van der Waals surface area contributed by atoms with Gasteiger partial charge in [0.25, 0.3) is 5.91 Å². The molecule has 1 aromatic heterocycles. The summed E-state index contributed by atoms with van der Waals surface area (Å²) in [6.07, 6.45) is 4.37. The molecule has 2 atom stereocenters. The molecule has 0 bridgehead atoms. The lowest BCUT2D eigenvalue weighted by Gasteiger charge is -2.25. The SMILES string of the molecule is CCC(C)n1ncc(C(=O)NCC(O)C(C)(C)C)c1C1CC1. The van der Waals surface area contributed by atoms with E-state index in [0.717, 1.165) is 25.0 Å². The Morgan fingerprint density at radius 1 is 1.50 bits per heavy atom. The van der Waals surface area contributed by atoms with Gasteiger partial charge in [0.2, 0.25) is 0 Å². The molecule has 0 aliphatic heterocycles. The first-order chi connectivity index (χ1) is 10.3. The molecule has 2 N–H and O–H groups in total. The van der Waals surface area contributed by atoms with Crippen molar-refractivity contribution in [1.82, 2.24) is 15.1 Å². The zero-order chi connectivity index (χ0) is 16.5. The van der Waals surface area contributed by atoms with E-state index < -0.39 is 6.10 Å². The van der Waals surface area contributed by atoms with Crippen LogP contribution in [0.25, 0.3) is 0 Å². The van der Waals surface area contributed by atoms with Crippen LogP contribution in [0.4, 0.5) is 0 Å². The van der Waals surface area contributed by atoms with Crippen LogP contribution in [0.5, 0.6) is 0 Å². The van der Waals surface area contributed by atoms with Gasteiger partial charge in [-0.3, -0.25) is 9.48 Å². The lowest BCUT2D eigenvalue weighted by Crippen LogP contribution is -2.39. The topological polar surface area (TPSA) is 67.2 Å². The van der Waals surface area contributed by atoms with E-state index in [-0.39, 0.29) is 17.9 Å². The summed E-state index contributed by atoms with van der Waals surface area (Å²) in [5.41, 5.74) is 1.49. The molecule has 0 spiro atoms. The van der Waals surface area contributed by atoms with Gasteiger partial charge in [0.1, 0.15) is 0 Å². The third-order valence-electron chi connectivity index (χ3n) is 4.51. The molecule has 1 fully saturated rings. The largest absolute Gasteiger partial charge is 0.391 e. The van der Waals surface area contributed by atoms with Crippen molar-refractivity contribution in [2.75, 3.05) is 6.54 Å². The molecule has 22 heavy (non-hydrogen) atoms. The number of hydrogen-bond donors (Lipinski definition) is 2. The van der Waals surface area contributed by atoms with Crippen molar-refractivity contribution in [1.29, 1.82) is 0 Å². The van der Waals surface area contributed by atoms with Gasteiger partial charge < -0.3 is 10.4 Å². The average molecular weight is 307 g/mol. The van der Waals surface area contributed by atoms with Crippen LogP contribution in [-0.4, -0.2) is 33.4 Å². The van der Waals surface area contributed by atoms with Crippen LogP contribution >= 0.6 is 0 Å². The highest BCUT2D eigenvalue weighted by atomic mass is 16.3. The number of aliphatic hydroxyl groups excluding tert-OH is 1. The molecule has 5 nitrogen and oxygen atoms in total. The highest BCUT2D eigenvalue weighted by Gasteiger charge is 2.33. The summed E-state index contributed by atoms with van der Waals surface area (Å²) < 4.78 is 2.01. The number of hydrogen-bond acceptors (Lipinski definition) is 3. The van der Waals surface area contributed by atoms with Gasteiger partial charge in [0.05, 0.1) is 23.6 Å². The second-order valence-corrected chi connectivity index (χ2v) is 7.51. The Bertz CT molecular complexity index is 526. The van der Waals surface area contributed by atoms with Crippen LogP contribution in [0.2, 0.25) is 0 Å². The molecule has 0 saturated heterocycles. The second kappa shape index (κ2) is 6.41. The van der Waals surface area contributed by atoms with Gasteiger partial charge in [-0.1, -0.05) is 27.7 Å². The van der Waals surface area contributed by atoms with Crippen molar-refractivity contribution in [2.45, 2.75) is 71.9 Å². The molecular formula is C17H29N3O2. The van der Waals surface area contributed by atoms with Crippen molar-refractivity contribution in [2.24, 2.45) is 5.41 Å². The summed E-state index contributed by atoms with van der Waals surface area (Å²) in [5.74, 6) is 0.338. The molecule has 5 heteroatoms. The molecule has 2 rings (SSSR count). The third-order valence-corrected chi connectivity index (χ3v) is 4.51. The lowest BCUT2D eigenvalue weighted by molar-refractivity contribution is 0.0586. The Morgan fingerprint density at radius 2 is 2.14 bits per heavy atom. The first-order valence-corrected chi connectivity index (χ1v) is 8.29. The first-order valence-electron chi connectivity index (χ1n) is 8.29. The molecule has 0 radical (unpaired) electrons. The number of aromatic nitrogens is 2. The quantitative estimate of drug-likeness (QED) is 0.849. The summed E-state index contributed by atoms with van der Waals surface area (Å²) >= 11 is 0. The number of rotatable bonds is 6. The van der Waals surface area contributed by atoms with E-state index in [4.69, 9.17) is 0 Å². The fourth-order valence-corrected chi connectivity index (χ4v) is 2.43. The maximum absolute atomic E-state index is 12.5. The normalized spacial score (nSPS) is 18.1. The predicted octanol–water partition coefficient (Wildman–Crippen LogP) is 2.87. The fourth-order valence-electron chi connectivity index (χ4n) is 2.43. The maximum atomic E-state index is 12.5. The van der Waals surface area contributed by atoms with E-state index in [1.165, 1.54) is 0 Å². The van der Waals surface area contributed by atoms with Gasteiger partial charge >= 0.3 is 0 Å². The van der Waals surface area contributed by atoms with Gasteiger partial charge in [-0.2, -0.15) is 5.10 Å². The zero-order valence-corrected chi connectivity index (χ0v) is 14.4. The van der Waals surface area contributed by atoms with E-state index >= 15 is 0 Å². The van der Waals surface area contributed by atoms with Crippen LogP contribution < -0.4 is 5.32 Å². The highest BCUT2D eigenvalue weighted by molar-refractivity contribution is 5.95. The molecule has 1 aliphatic rings. The number of nitrogens with one attached hydrogen (secondary N) is 1. The van der Waals surface area contributed by atoms with E-state index in [2.05, 4.69) is 24.3 Å². The van der Waals surface area contributed by atoms with Crippen molar-refractivity contribution in [3.05, 3.63) is 17.5 Å². The van der Waals surface area contributed by atoms with Crippen LogP contribution in [-0.2, 0) is 0 Å². The Kier molecular flexibility index (Phi) is 4.95. The number of amides is 1. The molecule has 124 valence electrons. The monoisotopic (exact) mass is 307 g/mol. The van der Waals surface area contributed by atoms with E-state index in [9.17, 15) is 9.90 Å². The Hall–Kier alpha value is -1.36. The lowest BCUT2D eigenvalue weighted by atomic mass is 9.89. The van der Waals surface area contributed by atoms with Crippen LogP contribution in [0, 0.1) is 5.41 Å². The van der Waals surface area contributed by atoms with E-state index in [0.29, 0.717) is 17.5 Å². The Balaban J connectivity index is 2.11. The van der Waals surface area contributed by atoms with Crippen molar-refractivity contribution in [3.63, 3.8) is 0 Å². The highest BCUT2D eigenvalue weighted by Crippen LogP contribution is 2.42. The van der Waals surface area contributed by atoms with Crippen molar-refractivity contribution >= 4 is 5.91 Å².